The minimum atomic E-state index is -1.18. The zero-order valence-electron chi connectivity index (χ0n) is 11.2. The zero-order chi connectivity index (χ0) is 15.7. The van der Waals surface area contributed by atoms with Gasteiger partial charge in [-0.3, -0.25) is 4.79 Å². The van der Waals surface area contributed by atoms with E-state index in [2.05, 4.69) is 4.37 Å². The summed E-state index contributed by atoms with van der Waals surface area (Å²) < 4.78 is 3.94. The first-order valence-electron chi connectivity index (χ1n) is 5.82. The quantitative estimate of drug-likeness (QED) is 0.798. The highest BCUT2D eigenvalue weighted by molar-refractivity contribution is 7.11. The Kier molecular flexibility index (Phi) is 3.81. The number of carbonyl (C=O) groups excluding carboxylic acids is 1. The molecule has 21 heavy (non-hydrogen) atoms. The van der Waals surface area contributed by atoms with Crippen LogP contribution in [0.1, 0.15) is 26.4 Å². The molecule has 2 rings (SSSR count). The predicted molar refractivity (Wildman–Crippen MR) is 76.3 cm³/mol. The molecule has 2 aromatic rings. The Bertz CT molecular complexity index is 725. The summed E-state index contributed by atoms with van der Waals surface area (Å²) in [7, 11) is 1.40. The van der Waals surface area contributed by atoms with Gasteiger partial charge in [0.15, 0.2) is 0 Å². The van der Waals surface area contributed by atoms with Crippen LogP contribution in [0.3, 0.4) is 0 Å². The summed E-state index contributed by atoms with van der Waals surface area (Å²) >= 11 is 0.888. The van der Waals surface area contributed by atoms with Gasteiger partial charge in [0.05, 0.1) is 11.3 Å². The normalized spacial score (nSPS) is 10.4. The van der Waals surface area contributed by atoms with Crippen molar-refractivity contribution in [3.63, 3.8) is 0 Å². The Balaban J connectivity index is 2.42. The molecule has 0 aliphatic carbocycles. The molecule has 3 N–H and O–H groups in total. The molecule has 0 spiro atoms. The van der Waals surface area contributed by atoms with Crippen LogP contribution in [0.25, 0.3) is 0 Å². The third-order valence-electron chi connectivity index (χ3n) is 2.88. The fourth-order valence-electron chi connectivity index (χ4n) is 1.81. The Labute approximate surface area is 123 Å². The van der Waals surface area contributed by atoms with Gasteiger partial charge in [-0.05, 0) is 30.6 Å². The van der Waals surface area contributed by atoms with Crippen molar-refractivity contribution in [3.8, 4) is 11.5 Å². The van der Waals surface area contributed by atoms with Crippen LogP contribution in [-0.4, -0.2) is 38.6 Å². The molecule has 0 aliphatic heterocycles. The van der Waals surface area contributed by atoms with E-state index in [4.69, 9.17) is 0 Å². The number of aromatic nitrogens is 1. The van der Waals surface area contributed by atoms with E-state index < -0.39 is 11.9 Å². The van der Waals surface area contributed by atoms with Gasteiger partial charge >= 0.3 is 5.97 Å². The van der Waals surface area contributed by atoms with E-state index >= 15 is 0 Å². The number of carboxylic acid groups (broad SMARTS) is 1. The molecule has 0 radical (unpaired) electrons. The second-order valence-corrected chi connectivity index (χ2v) is 5.07. The maximum absolute atomic E-state index is 12.3. The smallest absolute Gasteiger partial charge is 0.340 e. The molecule has 1 heterocycles. The first-order valence-corrected chi connectivity index (χ1v) is 6.60. The van der Waals surface area contributed by atoms with E-state index in [0.717, 1.165) is 22.5 Å². The van der Waals surface area contributed by atoms with Gasteiger partial charge in [0.25, 0.3) is 5.91 Å². The number of carbonyl (C=O) groups is 2. The molecule has 1 amide bonds. The van der Waals surface area contributed by atoms with E-state index in [-0.39, 0.29) is 27.6 Å². The molecular weight excluding hydrogens is 296 g/mol. The van der Waals surface area contributed by atoms with E-state index in [1.807, 2.05) is 0 Å². The molecule has 0 aliphatic rings. The summed E-state index contributed by atoms with van der Waals surface area (Å²) in [5.41, 5.74) is 0.226. The fraction of sp³-hybridized carbons (Fsp3) is 0.154. The van der Waals surface area contributed by atoms with Gasteiger partial charge in [-0.2, -0.15) is 4.37 Å². The number of phenols is 2. The first kappa shape index (κ1) is 14.8. The average Bonchev–Trinajstić information content (AvgIpc) is 2.79. The highest BCUT2D eigenvalue weighted by Crippen LogP contribution is 2.31. The summed E-state index contributed by atoms with van der Waals surface area (Å²) in [4.78, 5) is 24.7. The number of aryl methyl sites for hydroxylation is 1. The van der Waals surface area contributed by atoms with Gasteiger partial charge in [-0.1, -0.05) is 0 Å². The van der Waals surface area contributed by atoms with Gasteiger partial charge in [-0.15, -0.1) is 0 Å². The third kappa shape index (κ3) is 2.65. The molecule has 0 saturated carbocycles. The average molecular weight is 308 g/mol. The van der Waals surface area contributed by atoms with Crippen LogP contribution < -0.4 is 4.90 Å². The van der Waals surface area contributed by atoms with Crippen molar-refractivity contribution >= 4 is 28.4 Å². The molecule has 110 valence electrons. The van der Waals surface area contributed by atoms with Gasteiger partial charge < -0.3 is 20.2 Å². The number of aromatic carboxylic acids is 1. The van der Waals surface area contributed by atoms with Crippen LogP contribution in [0.5, 0.6) is 11.5 Å². The van der Waals surface area contributed by atoms with E-state index in [0.29, 0.717) is 5.69 Å². The van der Waals surface area contributed by atoms with E-state index in [9.17, 15) is 24.9 Å². The highest BCUT2D eigenvalue weighted by Gasteiger charge is 2.25. The number of rotatable bonds is 3. The maximum atomic E-state index is 12.3. The number of benzene rings is 1. The van der Waals surface area contributed by atoms with E-state index in [1.54, 1.807) is 6.92 Å². The van der Waals surface area contributed by atoms with Crippen LogP contribution in [-0.2, 0) is 0 Å². The predicted octanol–water partition coefficient (Wildman–Crippen LogP) is 1.84. The topological polar surface area (TPSA) is 111 Å². The molecular formula is C13H12N2O5S. The maximum Gasteiger partial charge on any atom is 0.340 e. The standard InChI is InChI=1S/C13H12N2O5S/c1-6-10(13(19)20)12(21-14-6)15(2)11(18)8-4-3-7(16)5-9(8)17/h3-5,16-17H,1-2H3,(H,19,20). The molecule has 8 heteroatoms. The second-order valence-electron chi connectivity index (χ2n) is 4.32. The van der Waals surface area contributed by atoms with Gasteiger partial charge in [0.1, 0.15) is 22.1 Å². The van der Waals surface area contributed by atoms with Gasteiger partial charge in [-0.25, -0.2) is 4.79 Å². The Morgan fingerprint density at radius 2 is 1.95 bits per heavy atom. The van der Waals surface area contributed by atoms with Crippen molar-refractivity contribution < 1.29 is 24.9 Å². The Morgan fingerprint density at radius 3 is 2.52 bits per heavy atom. The number of phenolic OH excluding ortho intramolecular Hbond substituents is 2. The van der Waals surface area contributed by atoms with Crippen molar-refractivity contribution in [1.82, 2.24) is 4.37 Å². The summed E-state index contributed by atoms with van der Waals surface area (Å²) in [6.45, 7) is 1.54. The first-order chi connectivity index (χ1) is 9.82. The van der Waals surface area contributed by atoms with Crippen molar-refractivity contribution in [2.45, 2.75) is 6.92 Å². The lowest BCUT2D eigenvalue weighted by Crippen LogP contribution is -2.27. The lowest BCUT2D eigenvalue weighted by molar-refractivity contribution is 0.0697. The number of anilines is 1. The lowest BCUT2D eigenvalue weighted by Gasteiger charge is -2.16. The molecule has 0 unspecified atom stereocenters. The number of hydrogen-bond acceptors (Lipinski definition) is 6. The number of nitrogens with zero attached hydrogens (tertiary/aromatic N) is 2. The minimum Gasteiger partial charge on any atom is -0.508 e. The molecule has 0 fully saturated rings. The van der Waals surface area contributed by atoms with Crippen LogP contribution in [0.4, 0.5) is 5.00 Å². The Morgan fingerprint density at radius 1 is 1.29 bits per heavy atom. The second kappa shape index (κ2) is 5.41. The summed E-state index contributed by atoms with van der Waals surface area (Å²) in [5, 5.41) is 28.3. The number of hydrogen-bond donors (Lipinski definition) is 3. The lowest BCUT2D eigenvalue weighted by atomic mass is 10.1. The summed E-state index contributed by atoms with van der Waals surface area (Å²) in [6, 6.07) is 3.56. The number of aromatic hydroxyl groups is 2. The van der Waals surface area contributed by atoms with Crippen LogP contribution in [0, 0.1) is 6.92 Å². The highest BCUT2D eigenvalue weighted by atomic mass is 32.1. The van der Waals surface area contributed by atoms with Gasteiger partial charge in [0, 0.05) is 13.1 Å². The molecule has 7 nitrogen and oxygen atoms in total. The largest absolute Gasteiger partial charge is 0.508 e. The molecule has 1 aromatic carbocycles. The molecule has 0 bridgehead atoms. The SMILES string of the molecule is Cc1nsc(N(C)C(=O)c2ccc(O)cc2O)c1C(=O)O. The molecule has 0 saturated heterocycles. The van der Waals surface area contributed by atoms with Crippen molar-refractivity contribution in [3.05, 3.63) is 35.0 Å². The molecule has 0 atom stereocenters. The van der Waals surface area contributed by atoms with E-state index in [1.165, 1.54) is 19.2 Å². The summed E-state index contributed by atoms with van der Waals surface area (Å²) in [6.07, 6.45) is 0. The van der Waals surface area contributed by atoms with Gasteiger partial charge in [0.2, 0.25) is 0 Å². The monoisotopic (exact) mass is 308 g/mol. The van der Waals surface area contributed by atoms with Crippen molar-refractivity contribution in [2.24, 2.45) is 0 Å². The van der Waals surface area contributed by atoms with Crippen molar-refractivity contribution in [1.29, 1.82) is 0 Å². The number of amides is 1. The Hall–Kier alpha value is -2.61. The van der Waals surface area contributed by atoms with Crippen LogP contribution in [0.2, 0.25) is 0 Å². The number of carboxylic acids is 1. The zero-order valence-corrected chi connectivity index (χ0v) is 12.0. The van der Waals surface area contributed by atoms with Crippen molar-refractivity contribution in [2.75, 3.05) is 11.9 Å². The van der Waals surface area contributed by atoms with Crippen LogP contribution in [0.15, 0.2) is 18.2 Å². The third-order valence-corrected chi connectivity index (χ3v) is 3.90. The molecule has 1 aromatic heterocycles. The fourth-order valence-corrected chi connectivity index (χ4v) is 2.65. The van der Waals surface area contributed by atoms with Crippen LogP contribution >= 0.6 is 11.5 Å². The minimum absolute atomic E-state index is 0.0438. The summed E-state index contributed by atoms with van der Waals surface area (Å²) in [5.74, 6) is -2.33.